The third-order valence-corrected chi connectivity index (χ3v) is 10.0. The van der Waals surface area contributed by atoms with E-state index < -0.39 is 178 Å². The second kappa shape index (κ2) is 21.1. The number of hydrogen-bond acceptors (Lipinski definition) is 20. The average molecular weight is 803 g/mol. The minimum atomic E-state index is -2.07. The molecular weight excluding hydrogens is 748 g/mol. The Bertz CT molecular complexity index is 1130. The molecule has 3 aliphatic heterocycles. The van der Waals surface area contributed by atoms with Gasteiger partial charge < -0.3 is 90.3 Å². The number of nitrogens with one attached hydrogen (secondary N) is 3. The molecule has 0 aromatic heterocycles. The lowest BCUT2D eigenvalue weighted by molar-refractivity contribution is -0.573. The SMILES string of the molecule is CO[C@H]1O[C@H](CNC(=O)CCC(CCC(=O)NC[C@H]2O[C@H](OC)[C@@H](O)[C@@H](O)[C@@H]2O)(CCC(=O)NC[C@H]2O[C@H](OC)[C@@H](O)[C@@H](O)[C@@H]2O)[N+](=O)[O-])[C@@H](O)[C@H](O)[C@@H]1O. The van der Waals surface area contributed by atoms with Gasteiger partial charge in [0.05, 0.1) is 0 Å². The highest BCUT2D eigenvalue weighted by molar-refractivity contribution is 5.77. The van der Waals surface area contributed by atoms with E-state index in [1.807, 2.05) is 0 Å². The Balaban J connectivity index is 1.66. The summed E-state index contributed by atoms with van der Waals surface area (Å²) in [5.74, 6) is -2.29. The molecule has 0 aromatic carbocycles. The maximum atomic E-state index is 12.9. The highest BCUT2D eigenvalue weighted by Crippen LogP contribution is 2.30. The first kappa shape index (κ1) is 46.6. The zero-order valence-electron chi connectivity index (χ0n) is 30.5. The van der Waals surface area contributed by atoms with Gasteiger partial charge in [0.1, 0.15) is 73.2 Å². The Morgan fingerprint density at radius 3 is 1.00 bits per heavy atom. The maximum Gasteiger partial charge on any atom is 0.223 e. The van der Waals surface area contributed by atoms with Crippen LogP contribution in [0.5, 0.6) is 0 Å². The molecule has 318 valence electrons. The van der Waals surface area contributed by atoms with Crippen LogP contribution in [-0.4, -0.2) is 207 Å². The molecule has 0 aliphatic carbocycles. The number of aliphatic hydroxyl groups is 9. The highest BCUT2D eigenvalue weighted by Gasteiger charge is 2.47. The summed E-state index contributed by atoms with van der Waals surface area (Å²) in [5, 5.41) is 111. The van der Waals surface area contributed by atoms with Gasteiger partial charge in [0.2, 0.25) is 23.3 Å². The number of carbonyl (C=O) groups excluding carboxylic acids is 3. The summed E-state index contributed by atoms with van der Waals surface area (Å²) in [6.45, 7) is -1.18. The van der Waals surface area contributed by atoms with Crippen molar-refractivity contribution >= 4 is 17.7 Å². The number of carbonyl (C=O) groups is 3. The number of ether oxygens (including phenoxy) is 6. The van der Waals surface area contributed by atoms with Crippen molar-refractivity contribution in [1.29, 1.82) is 0 Å². The number of rotatable bonds is 19. The lowest BCUT2D eigenvalue weighted by Crippen LogP contribution is -2.60. The predicted octanol–water partition coefficient (Wildman–Crippen LogP) is -6.95. The van der Waals surface area contributed by atoms with E-state index in [1.54, 1.807) is 0 Å². The first-order valence-corrected chi connectivity index (χ1v) is 17.5. The summed E-state index contributed by atoms with van der Waals surface area (Å²) in [6.07, 6.45) is -25.4. The van der Waals surface area contributed by atoms with Crippen molar-refractivity contribution in [3.05, 3.63) is 10.1 Å². The first-order chi connectivity index (χ1) is 25.9. The van der Waals surface area contributed by atoms with E-state index in [-0.39, 0.29) is 0 Å². The fraction of sp³-hybridized carbons (Fsp3) is 0.903. The number of hydrogen-bond donors (Lipinski definition) is 12. The smallest absolute Gasteiger partial charge is 0.223 e. The predicted molar refractivity (Wildman–Crippen MR) is 178 cm³/mol. The Morgan fingerprint density at radius 1 is 0.527 bits per heavy atom. The van der Waals surface area contributed by atoms with Gasteiger partial charge in [0.25, 0.3) is 0 Å². The van der Waals surface area contributed by atoms with Gasteiger partial charge in [-0.2, -0.15) is 0 Å². The molecule has 0 bridgehead atoms. The van der Waals surface area contributed by atoms with Crippen LogP contribution in [0.4, 0.5) is 0 Å². The fourth-order valence-corrected chi connectivity index (χ4v) is 6.44. The van der Waals surface area contributed by atoms with Crippen LogP contribution >= 0.6 is 0 Å². The van der Waals surface area contributed by atoms with Crippen LogP contribution in [0.3, 0.4) is 0 Å². The number of nitrogens with zero attached hydrogens (tertiary/aromatic N) is 1. The summed E-state index contributed by atoms with van der Waals surface area (Å²) >= 11 is 0. The van der Waals surface area contributed by atoms with Gasteiger partial charge in [-0.3, -0.25) is 24.5 Å². The molecule has 0 radical (unpaired) electrons. The second-order valence-electron chi connectivity index (χ2n) is 13.6. The van der Waals surface area contributed by atoms with Gasteiger partial charge in [-0.05, 0) is 0 Å². The Labute approximate surface area is 314 Å². The summed E-state index contributed by atoms with van der Waals surface area (Å²) < 4.78 is 30.9. The molecule has 3 heterocycles. The van der Waals surface area contributed by atoms with Crippen LogP contribution < -0.4 is 16.0 Å². The molecule has 15 atom stereocenters. The van der Waals surface area contributed by atoms with Crippen LogP contribution in [0.2, 0.25) is 0 Å². The van der Waals surface area contributed by atoms with Crippen molar-refractivity contribution < 1.29 is 93.7 Å². The molecule has 0 spiro atoms. The molecule has 3 rings (SSSR count). The van der Waals surface area contributed by atoms with Crippen LogP contribution in [0, 0.1) is 10.1 Å². The number of amides is 3. The van der Waals surface area contributed by atoms with Gasteiger partial charge in [0, 0.05) is 84.4 Å². The zero-order chi connectivity index (χ0) is 41.2. The first-order valence-electron chi connectivity index (χ1n) is 17.5. The normalized spacial score (nSPS) is 36.8. The van der Waals surface area contributed by atoms with Crippen molar-refractivity contribution in [2.45, 2.75) is 136 Å². The maximum absolute atomic E-state index is 12.9. The molecule has 0 unspecified atom stereocenters. The average Bonchev–Trinajstić information content (AvgIpc) is 3.17. The molecular formula is C31H54N4O20. The summed E-state index contributed by atoms with van der Waals surface area (Å²) in [7, 11) is 3.56. The van der Waals surface area contributed by atoms with E-state index >= 15 is 0 Å². The monoisotopic (exact) mass is 802 g/mol. The van der Waals surface area contributed by atoms with Gasteiger partial charge in [-0.1, -0.05) is 0 Å². The molecule has 3 fully saturated rings. The lowest BCUT2D eigenvalue weighted by Gasteiger charge is -2.39. The Kier molecular flexibility index (Phi) is 17.9. The Morgan fingerprint density at radius 2 is 0.782 bits per heavy atom. The molecule has 0 saturated carbocycles. The van der Waals surface area contributed by atoms with E-state index in [2.05, 4.69) is 16.0 Å². The van der Waals surface area contributed by atoms with Crippen molar-refractivity contribution in [3.63, 3.8) is 0 Å². The molecule has 12 N–H and O–H groups in total. The summed E-state index contributed by atoms with van der Waals surface area (Å²) in [5.41, 5.74) is -2.07. The topological polar surface area (TPSA) is 368 Å². The lowest BCUT2D eigenvalue weighted by atomic mass is 9.84. The van der Waals surface area contributed by atoms with Crippen LogP contribution in [0.15, 0.2) is 0 Å². The van der Waals surface area contributed by atoms with E-state index in [0.29, 0.717) is 0 Å². The van der Waals surface area contributed by atoms with Gasteiger partial charge in [-0.15, -0.1) is 0 Å². The van der Waals surface area contributed by atoms with E-state index in [1.165, 1.54) is 21.3 Å². The molecule has 3 amide bonds. The number of aliphatic hydroxyl groups excluding tert-OH is 9. The summed E-state index contributed by atoms with van der Waals surface area (Å²) in [4.78, 5) is 50.7. The van der Waals surface area contributed by atoms with E-state index in [0.717, 1.165) is 0 Å². The van der Waals surface area contributed by atoms with Gasteiger partial charge >= 0.3 is 0 Å². The highest BCUT2D eigenvalue weighted by atomic mass is 16.7. The standard InChI is InChI=1S/C31H54N4O20/c1-50-28-25(45)22(42)19(39)13(53-28)10-32-16(36)4-7-31(35(48)49,8-5-17(37)33-11-14-20(40)23(43)26(46)29(51-2)54-14)9-6-18(38)34-12-15-21(41)24(44)27(47)30(52-3)55-15/h13-15,19-30,39-47H,4-12H2,1-3H3,(H,32,36)(H,33,37)(H,34,38)/t13-,14-,15-,19-,20-,21-,22+,23+,24+,25+,26+,27+,28+,29+,30+/m1/s1. The molecule has 55 heavy (non-hydrogen) atoms. The van der Waals surface area contributed by atoms with Gasteiger partial charge in [0.15, 0.2) is 18.9 Å². The van der Waals surface area contributed by atoms with Crippen LogP contribution in [0.25, 0.3) is 0 Å². The van der Waals surface area contributed by atoms with Gasteiger partial charge in [-0.25, -0.2) is 0 Å². The molecule has 24 heteroatoms. The second-order valence-corrected chi connectivity index (χ2v) is 13.6. The molecule has 3 aliphatic rings. The van der Waals surface area contributed by atoms with Crippen molar-refractivity contribution in [1.82, 2.24) is 16.0 Å². The van der Waals surface area contributed by atoms with Crippen molar-refractivity contribution in [2.24, 2.45) is 0 Å². The fourth-order valence-electron chi connectivity index (χ4n) is 6.44. The quantitative estimate of drug-likeness (QED) is 0.0426. The van der Waals surface area contributed by atoms with Crippen LogP contribution in [0.1, 0.15) is 38.5 Å². The minimum absolute atomic E-state index is 0.393. The van der Waals surface area contributed by atoms with E-state index in [4.69, 9.17) is 28.4 Å². The molecule has 0 aromatic rings. The van der Waals surface area contributed by atoms with E-state index in [9.17, 15) is 70.5 Å². The molecule has 24 nitrogen and oxygen atoms in total. The largest absolute Gasteiger partial charge is 0.388 e. The third-order valence-electron chi connectivity index (χ3n) is 10.0. The molecule has 3 saturated heterocycles. The third kappa shape index (κ3) is 11.9. The number of nitro groups is 1. The summed E-state index contributed by atoms with van der Waals surface area (Å²) in [6, 6.07) is 0. The Hall–Kier alpha value is -2.79. The zero-order valence-corrected chi connectivity index (χ0v) is 30.5. The number of methoxy groups -OCH3 is 3. The van der Waals surface area contributed by atoms with Crippen molar-refractivity contribution in [2.75, 3.05) is 41.0 Å². The van der Waals surface area contributed by atoms with Crippen molar-refractivity contribution in [3.8, 4) is 0 Å². The van der Waals surface area contributed by atoms with Crippen LogP contribution in [-0.2, 0) is 42.8 Å². The minimum Gasteiger partial charge on any atom is -0.388 e.